The van der Waals surface area contributed by atoms with Crippen molar-refractivity contribution in [3.05, 3.63) is 53.9 Å². The molecular weight excluding hydrogens is 352 g/mol. The molecule has 0 atom stereocenters. The largest absolute Gasteiger partial charge is 0.496 e. The highest BCUT2D eigenvalue weighted by Gasteiger charge is 2.45. The highest BCUT2D eigenvalue weighted by atomic mass is 32.2. The second-order valence-electron chi connectivity index (χ2n) is 6.68. The normalized spacial score (nSPS) is 19.9. The number of hydrogen-bond acceptors (Lipinski definition) is 5. The van der Waals surface area contributed by atoms with Gasteiger partial charge in [0.25, 0.3) is 0 Å². The van der Waals surface area contributed by atoms with Crippen LogP contribution in [0.3, 0.4) is 0 Å². The maximum absolute atomic E-state index is 12.8. The molecule has 1 aromatic heterocycles. The summed E-state index contributed by atoms with van der Waals surface area (Å²) in [6.45, 7) is 1.47. The van der Waals surface area contributed by atoms with E-state index < -0.39 is 15.6 Å². The molecule has 0 radical (unpaired) electrons. The van der Waals surface area contributed by atoms with E-state index in [0.717, 1.165) is 17.7 Å². The first-order valence-corrected chi connectivity index (χ1v) is 10.2. The molecule has 0 amide bonds. The van der Waals surface area contributed by atoms with Crippen LogP contribution in [0.1, 0.15) is 24.0 Å². The van der Waals surface area contributed by atoms with Gasteiger partial charge >= 0.3 is 0 Å². The van der Waals surface area contributed by atoms with Gasteiger partial charge in [0, 0.05) is 31.0 Å². The number of benzene rings is 1. The smallest absolute Gasteiger partial charge is 0.244 e. The molecule has 1 aromatic carbocycles. The van der Waals surface area contributed by atoms with Crippen LogP contribution in [0.15, 0.2) is 47.6 Å². The predicted molar refractivity (Wildman–Crippen MR) is 96.6 cm³/mol. The van der Waals surface area contributed by atoms with Gasteiger partial charge in [-0.2, -0.15) is 4.31 Å². The van der Waals surface area contributed by atoms with Gasteiger partial charge in [-0.15, -0.1) is 0 Å². The third-order valence-corrected chi connectivity index (χ3v) is 7.22. The molecule has 1 fully saturated rings. The summed E-state index contributed by atoms with van der Waals surface area (Å²) < 4.78 is 39.0. The van der Waals surface area contributed by atoms with E-state index in [0.29, 0.717) is 32.5 Å². The molecule has 2 aliphatic heterocycles. The van der Waals surface area contributed by atoms with Crippen molar-refractivity contribution in [2.75, 3.05) is 26.8 Å². The fourth-order valence-electron chi connectivity index (χ4n) is 4.03. The summed E-state index contributed by atoms with van der Waals surface area (Å²) in [4.78, 5) is 4.17. The summed E-state index contributed by atoms with van der Waals surface area (Å²) in [5.41, 5.74) is 1.85. The second kappa shape index (κ2) is 6.64. The van der Waals surface area contributed by atoms with Gasteiger partial charge in [-0.05, 0) is 43.0 Å². The molecule has 4 rings (SSSR count). The number of sulfonamides is 1. The maximum Gasteiger partial charge on any atom is 0.244 e. The average molecular weight is 374 g/mol. The van der Waals surface area contributed by atoms with Crippen LogP contribution in [-0.2, 0) is 26.8 Å². The van der Waals surface area contributed by atoms with Crippen LogP contribution in [0.5, 0.6) is 5.75 Å². The van der Waals surface area contributed by atoms with Gasteiger partial charge in [-0.3, -0.25) is 4.98 Å². The molecule has 1 spiro atoms. The number of pyridine rings is 1. The summed E-state index contributed by atoms with van der Waals surface area (Å²) in [7, 11) is -1.86. The molecule has 0 bridgehead atoms. The number of nitrogens with zero attached hydrogens (tertiary/aromatic N) is 2. The third kappa shape index (κ3) is 2.80. The van der Waals surface area contributed by atoms with Crippen molar-refractivity contribution in [1.29, 1.82) is 0 Å². The number of ether oxygens (including phenoxy) is 2. The number of fused-ring (bicyclic) bond motifs is 2. The average Bonchev–Trinajstić information content (AvgIpc) is 2.69. The van der Waals surface area contributed by atoms with E-state index in [4.69, 9.17) is 9.47 Å². The molecule has 6 nitrogen and oxygen atoms in total. The van der Waals surface area contributed by atoms with E-state index in [2.05, 4.69) is 11.1 Å². The molecule has 2 aliphatic rings. The van der Waals surface area contributed by atoms with Crippen LogP contribution in [-0.4, -0.2) is 44.5 Å². The van der Waals surface area contributed by atoms with E-state index in [1.54, 1.807) is 25.4 Å². The molecule has 7 heteroatoms. The van der Waals surface area contributed by atoms with Crippen LogP contribution >= 0.6 is 0 Å². The first kappa shape index (κ1) is 17.5. The van der Waals surface area contributed by atoms with E-state index >= 15 is 0 Å². The lowest BCUT2D eigenvalue weighted by atomic mass is 9.79. The van der Waals surface area contributed by atoms with Crippen molar-refractivity contribution in [3.8, 4) is 5.75 Å². The lowest BCUT2D eigenvalue weighted by Crippen LogP contribution is -2.48. The lowest BCUT2D eigenvalue weighted by Gasteiger charge is -2.45. The molecule has 0 aliphatic carbocycles. The number of methoxy groups -OCH3 is 1. The fraction of sp³-hybridized carbons (Fsp3) is 0.421. The van der Waals surface area contributed by atoms with Crippen LogP contribution in [0.25, 0.3) is 0 Å². The van der Waals surface area contributed by atoms with E-state index in [-0.39, 0.29) is 4.90 Å². The molecule has 26 heavy (non-hydrogen) atoms. The SMILES string of the molecule is COc1cccc2c1C1(CCN(S(=O)(=O)c3cccnc3)CC1)OCC2. The van der Waals surface area contributed by atoms with Crippen molar-refractivity contribution in [1.82, 2.24) is 9.29 Å². The maximum atomic E-state index is 12.8. The molecule has 0 saturated carbocycles. The Morgan fingerprint density at radius 2 is 2.00 bits per heavy atom. The van der Waals surface area contributed by atoms with E-state index in [1.807, 2.05) is 12.1 Å². The van der Waals surface area contributed by atoms with Crippen molar-refractivity contribution in [3.63, 3.8) is 0 Å². The van der Waals surface area contributed by atoms with E-state index in [1.165, 1.54) is 16.1 Å². The first-order valence-electron chi connectivity index (χ1n) is 8.77. The Hall–Kier alpha value is -1.96. The molecular formula is C19H22N2O4S. The zero-order chi connectivity index (χ0) is 18.2. The van der Waals surface area contributed by atoms with Crippen molar-refractivity contribution < 1.29 is 17.9 Å². The Kier molecular flexibility index (Phi) is 4.46. The number of rotatable bonds is 3. The lowest BCUT2D eigenvalue weighted by molar-refractivity contribution is -0.0904. The molecule has 0 unspecified atom stereocenters. The molecule has 138 valence electrons. The molecule has 1 saturated heterocycles. The van der Waals surface area contributed by atoms with Gasteiger partial charge in [0.1, 0.15) is 10.6 Å². The molecule has 2 aromatic rings. The zero-order valence-electron chi connectivity index (χ0n) is 14.7. The monoisotopic (exact) mass is 374 g/mol. The van der Waals surface area contributed by atoms with Crippen LogP contribution < -0.4 is 4.74 Å². The van der Waals surface area contributed by atoms with Gasteiger partial charge in [-0.1, -0.05) is 12.1 Å². The van der Waals surface area contributed by atoms with Crippen molar-refractivity contribution in [2.45, 2.75) is 29.8 Å². The van der Waals surface area contributed by atoms with Gasteiger partial charge in [-0.25, -0.2) is 8.42 Å². The van der Waals surface area contributed by atoms with Crippen LogP contribution in [0.2, 0.25) is 0 Å². The van der Waals surface area contributed by atoms with Gasteiger partial charge in [0.15, 0.2) is 0 Å². The Morgan fingerprint density at radius 1 is 1.19 bits per heavy atom. The highest BCUT2D eigenvalue weighted by molar-refractivity contribution is 7.89. The Balaban J connectivity index is 1.62. The summed E-state index contributed by atoms with van der Waals surface area (Å²) >= 11 is 0. The quantitative estimate of drug-likeness (QED) is 0.825. The van der Waals surface area contributed by atoms with Crippen LogP contribution in [0.4, 0.5) is 0 Å². The first-order chi connectivity index (χ1) is 12.6. The van der Waals surface area contributed by atoms with Gasteiger partial charge in [0.05, 0.1) is 19.3 Å². The standard InChI is InChI=1S/C19H22N2O4S/c1-24-17-6-2-4-15-7-13-25-19(18(15)17)8-11-21(12-9-19)26(22,23)16-5-3-10-20-14-16/h2-6,10,14H,7-9,11-13H2,1H3. The van der Waals surface area contributed by atoms with Crippen molar-refractivity contribution in [2.24, 2.45) is 0 Å². The predicted octanol–water partition coefficient (Wildman–Crippen LogP) is 2.34. The molecule has 0 N–H and O–H groups in total. The van der Waals surface area contributed by atoms with Gasteiger partial charge in [0.2, 0.25) is 10.0 Å². The van der Waals surface area contributed by atoms with E-state index in [9.17, 15) is 8.42 Å². The summed E-state index contributed by atoms with van der Waals surface area (Å²) in [5, 5.41) is 0. The Labute approximate surface area is 153 Å². The second-order valence-corrected chi connectivity index (χ2v) is 8.62. The zero-order valence-corrected chi connectivity index (χ0v) is 15.5. The van der Waals surface area contributed by atoms with Gasteiger partial charge < -0.3 is 9.47 Å². The number of piperidine rings is 1. The molecule has 3 heterocycles. The minimum atomic E-state index is -3.53. The summed E-state index contributed by atoms with van der Waals surface area (Å²) in [6, 6.07) is 9.29. The van der Waals surface area contributed by atoms with Crippen molar-refractivity contribution >= 4 is 10.0 Å². The third-order valence-electron chi connectivity index (χ3n) is 5.34. The summed E-state index contributed by atoms with van der Waals surface area (Å²) in [6.07, 6.45) is 5.05. The number of hydrogen-bond donors (Lipinski definition) is 0. The fourth-order valence-corrected chi connectivity index (χ4v) is 5.44. The van der Waals surface area contributed by atoms with Crippen LogP contribution in [0, 0.1) is 0 Å². The summed E-state index contributed by atoms with van der Waals surface area (Å²) in [5.74, 6) is 0.825. The Morgan fingerprint density at radius 3 is 2.69 bits per heavy atom. The number of aromatic nitrogens is 1. The Bertz CT molecular complexity index is 877. The topological polar surface area (TPSA) is 68.7 Å². The minimum Gasteiger partial charge on any atom is -0.496 e. The minimum absolute atomic E-state index is 0.235. The highest BCUT2D eigenvalue weighted by Crippen LogP contribution is 2.46.